The number of hydrogen-bond donors (Lipinski definition) is 0. The van der Waals surface area contributed by atoms with Gasteiger partial charge in [0.1, 0.15) is 11.6 Å². The molecule has 1 aliphatic rings. The van der Waals surface area contributed by atoms with E-state index < -0.39 is 0 Å². The summed E-state index contributed by atoms with van der Waals surface area (Å²) in [4.78, 5) is 24.6. The van der Waals surface area contributed by atoms with Crippen LogP contribution in [0.15, 0.2) is 17.9 Å². The largest absolute Gasteiger partial charge is 0.370 e. The predicted octanol–water partition coefficient (Wildman–Crippen LogP) is 1.08. The van der Waals surface area contributed by atoms with Crippen molar-refractivity contribution >= 4 is 17.2 Å². The molecular formula is C16H23N5O2S. The molecule has 1 amide bonds. The van der Waals surface area contributed by atoms with Crippen molar-refractivity contribution in [3.63, 3.8) is 0 Å². The Kier molecular flexibility index (Phi) is 5.27. The van der Waals surface area contributed by atoms with Crippen LogP contribution >= 0.6 is 11.3 Å². The monoisotopic (exact) mass is 349 g/mol. The van der Waals surface area contributed by atoms with Crippen LogP contribution in [0.2, 0.25) is 0 Å². The Morgan fingerprint density at radius 1 is 1.46 bits per heavy atom. The highest BCUT2D eigenvalue weighted by atomic mass is 32.1. The fourth-order valence-corrected chi connectivity index (χ4v) is 3.59. The third-order valence-electron chi connectivity index (χ3n) is 4.28. The summed E-state index contributed by atoms with van der Waals surface area (Å²) < 4.78 is 7.80. The van der Waals surface area contributed by atoms with Crippen LogP contribution in [0.25, 0.3) is 0 Å². The van der Waals surface area contributed by atoms with Gasteiger partial charge in [0.25, 0.3) is 0 Å². The summed E-state index contributed by atoms with van der Waals surface area (Å²) in [5, 5.41) is 3.09. The van der Waals surface area contributed by atoms with Crippen LogP contribution in [0.5, 0.6) is 0 Å². The van der Waals surface area contributed by atoms with Crippen LogP contribution in [-0.4, -0.2) is 64.1 Å². The molecular weight excluding hydrogens is 326 g/mol. The van der Waals surface area contributed by atoms with Crippen LogP contribution in [0.3, 0.4) is 0 Å². The van der Waals surface area contributed by atoms with Gasteiger partial charge in [0.05, 0.1) is 36.9 Å². The Morgan fingerprint density at radius 3 is 3.00 bits per heavy atom. The second-order valence-corrected chi connectivity index (χ2v) is 7.13. The van der Waals surface area contributed by atoms with E-state index in [2.05, 4.69) is 19.4 Å². The number of imidazole rings is 1. The van der Waals surface area contributed by atoms with Crippen LogP contribution in [0.4, 0.5) is 0 Å². The van der Waals surface area contributed by atoms with Gasteiger partial charge in [0.2, 0.25) is 5.91 Å². The predicted molar refractivity (Wildman–Crippen MR) is 91.7 cm³/mol. The van der Waals surface area contributed by atoms with E-state index >= 15 is 0 Å². The zero-order valence-electron chi connectivity index (χ0n) is 14.3. The molecule has 1 aliphatic heterocycles. The maximum absolute atomic E-state index is 11.7. The van der Waals surface area contributed by atoms with E-state index in [1.807, 2.05) is 25.0 Å². The number of nitrogens with zero attached hydrogens (tertiary/aromatic N) is 5. The highest BCUT2D eigenvalue weighted by molar-refractivity contribution is 7.09. The molecule has 0 radical (unpaired) electrons. The molecule has 1 atom stereocenters. The van der Waals surface area contributed by atoms with Gasteiger partial charge in [0, 0.05) is 45.7 Å². The van der Waals surface area contributed by atoms with E-state index in [-0.39, 0.29) is 18.6 Å². The summed E-state index contributed by atoms with van der Waals surface area (Å²) in [6, 6.07) is 0.0834. The molecule has 3 rings (SSSR count). The molecule has 7 nitrogen and oxygen atoms in total. The van der Waals surface area contributed by atoms with Crippen molar-refractivity contribution < 1.29 is 9.53 Å². The lowest BCUT2D eigenvalue weighted by Gasteiger charge is -2.35. The highest BCUT2D eigenvalue weighted by Gasteiger charge is 2.31. The zero-order chi connectivity index (χ0) is 17.1. The molecule has 0 unspecified atom stereocenters. The molecule has 24 heavy (non-hydrogen) atoms. The van der Waals surface area contributed by atoms with Gasteiger partial charge in [-0.25, -0.2) is 9.97 Å². The van der Waals surface area contributed by atoms with Crippen molar-refractivity contribution in [3.05, 3.63) is 34.3 Å². The smallest absolute Gasteiger partial charge is 0.248 e. The van der Waals surface area contributed by atoms with Crippen molar-refractivity contribution in [3.8, 4) is 0 Å². The summed E-state index contributed by atoms with van der Waals surface area (Å²) in [5.41, 5.74) is 2.30. The van der Waals surface area contributed by atoms with Gasteiger partial charge >= 0.3 is 0 Å². The number of aromatic nitrogens is 3. The van der Waals surface area contributed by atoms with Gasteiger partial charge in [-0.1, -0.05) is 0 Å². The van der Waals surface area contributed by atoms with E-state index in [0.29, 0.717) is 6.61 Å². The van der Waals surface area contributed by atoms with Crippen molar-refractivity contribution in [2.24, 2.45) is 7.05 Å². The second kappa shape index (κ2) is 7.42. The first-order chi connectivity index (χ1) is 11.6. The number of fused-ring (bicyclic) bond motifs is 1. The molecule has 0 N–H and O–H groups in total. The number of aryl methyl sites for hydroxylation is 1. The van der Waals surface area contributed by atoms with Crippen molar-refractivity contribution in [2.75, 3.05) is 33.9 Å². The topological polar surface area (TPSA) is 63.5 Å². The summed E-state index contributed by atoms with van der Waals surface area (Å²) in [6.07, 6.45) is 4.62. The SMILES string of the molecule is CN(C)C(=O)COC[C@H]1c2c(ncn2C)CCN1Cc1nccs1. The minimum Gasteiger partial charge on any atom is -0.370 e. The fraction of sp³-hybridized carbons (Fsp3) is 0.562. The minimum atomic E-state index is -0.0255. The van der Waals surface area contributed by atoms with E-state index in [1.165, 1.54) is 5.69 Å². The number of ether oxygens (including phenoxy) is 1. The lowest BCUT2D eigenvalue weighted by atomic mass is 10.0. The van der Waals surface area contributed by atoms with Gasteiger partial charge in [-0.3, -0.25) is 9.69 Å². The number of amides is 1. The zero-order valence-corrected chi connectivity index (χ0v) is 15.1. The standard InChI is InChI=1S/C16H23N5O2S/c1-19(2)15(22)10-23-9-13-16-12(18-11-20(16)3)4-6-21(13)8-14-17-5-7-24-14/h5,7,11,13H,4,6,8-10H2,1-3H3/t13-/m0/s1. The Morgan fingerprint density at radius 2 is 2.29 bits per heavy atom. The van der Waals surface area contributed by atoms with E-state index in [0.717, 1.165) is 30.2 Å². The molecule has 0 aromatic carbocycles. The molecule has 0 bridgehead atoms. The Labute approximate surface area is 145 Å². The Balaban J connectivity index is 1.73. The van der Waals surface area contributed by atoms with Crippen LogP contribution < -0.4 is 0 Å². The molecule has 0 saturated carbocycles. The third-order valence-corrected chi connectivity index (χ3v) is 5.04. The number of carbonyl (C=O) groups is 1. The van der Waals surface area contributed by atoms with Crippen LogP contribution in [-0.2, 0) is 29.5 Å². The van der Waals surface area contributed by atoms with Crippen LogP contribution in [0.1, 0.15) is 22.4 Å². The number of hydrogen-bond acceptors (Lipinski definition) is 6. The number of carbonyl (C=O) groups excluding carboxylic acids is 1. The van der Waals surface area contributed by atoms with Gasteiger partial charge in [-0.2, -0.15) is 0 Å². The molecule has 0 aliphatic carbocycles. The van der Waals surface area contributed by atoms with Crippen molar-refractivity contribution in [1.82, 2.24) is 24.3 Å². The first-order valence-electron chi connectivity index (χ1n) is 7.96. The van der Waals surface area contributed by atoms with Gasteiger partial charge < -0.3 is 14.2 Å². The van der Waals surface area contributed by atoms with Crippen LogP contribution in [0, 0.1) is 0 Å². The average molecular weight is 349 g/mol. The lowest BCUT2D eigenvalue weighted by Crippen LogP contribution is -2.39. The molecule has 2 aromatic heterocycles. The maximum atomic E-state index is 11.7. The first-order valence-corrected chi connectivity index (χ1v) is 8.84. The number of rotatable bonds is 6. The van der Waals surface area contributed by atoms with E-state index in [4.69, 9.17) is 4.74 Å². The van der Waals surface area contributed by atoms with E-state index in [9.17, 15) is 4.79 Å². The Hall–Kier alpha value is -1.77. The summed E-state index contributed by atoms with van der Waals surface area (Å²) >= 11 is 1.66. The summed E-state index contributed by atoms with van der Waals surface area (Å²) in [5.74, 6) is -0.0255. The average Bonchev–Trinajstić information content (AvgIpc) is 3.19. The Bertz CT molecular complexity index is 683. The van der Waals surface area contributed by atoms with Gasteiger partial charge in [-0.15, -0.1) is 11.3 Å². The quantitative estimate of drug-likeness (QED) is 0.781. The molecule has 3 heterocycles. The number of thiazole rings is 1. The van der Waals surface area contributed by atoms with Gasteiger partial charge in [0.15, 0.2) is 0 Å². The normalized spacial score (nSPS) is 17.7. The molecule has 8 heteroatoms. The molecule has 0 saturated heterocycles. The highest BCUT2D eigenvalue weighted by Crippen LogP contribution is 2.30. The molecule has 2 aromatic rings. The number of likely N-dealkylation sites (N-methyl/N-ethyl adjacent to an activating group) is 1. The van der Waals surface area contributed by atoms with Crippen molar-refractivity contribution in [1.29, 1.82) is 0 Å². The summed E-state index contributed by atoms with van der Waals surface area (Å²) in [7, 11) is 5.48. The maximum Gasteiger partial charge on any atom is 0.248 e. The molecule has 0 spiro atoms. The third kappa shape index (κ3) is 3.66. The lowest BCUT2D eigenvalue weighted by molar-refractivity contribution is -0.134. The van der Waals surface area contributed by atoms with E-state index in [1.54, 1.807) is 30.3 Å². The second-order valence-electron chi connectivity index (χ2n) is 6.15. The van der Waals surface area contributed by atoms with Gasteiger partial charge in [-0.05, 0) is 0 Å². The molecule has 0 fully saturated rings. The van der Waals surface area contributed by atoms with Crippen molar-refractivity contribution in [2.45, 2.75) is 19.0 Å². The first kappa shape index (κ1) is 17.1. The fourth-order valence-electron chi connectivity index (χ4n) is 2.95. The molecule has 130 valence electrons. The summed E-state index contributed by atoms with van der Waals surface area (Å²) in [6.45, 7) is 2.27. The minimum absolute atomic E-state index is 0.0255.